The topological polar surface area (TPSA) is 38.0 Å². The molecule has 1 aromatic rings. The largest absolute Gasteiger partial charge is 0.393 e. The molecule has 1 rings (SSSR count). The molecule has 76 valence electrons. The van der Waals surface area contributed by atoms with Crippen LogP contribution in [0, 0.1) is 5.82 Å². The van der Waals surface area contributed by atoms with Gasteiger partial charge in [0.2, 0.25) is 0 Å². The predicted molar refractivity (Wildman–Crippen MR) is 61.3 cm³/mol. The van der Waals surface area contributed by atoms with Crippen LogP contribution in [-0.2, 0) is 0 Å². The Morgan fingerprint density at radius 3 is 2.86 bits per heavy atom. The third-order valence-electron chi connectivity index (χ3n) is 1.62. The van der Waals surface area contributed by atoms with E-state index in [2.05, 4.69) is 5.32 Å². The summed E-state index contributed by atoms with van der Waals surface area (Å²) in [7, 11) is 0. The van der Waals surface area contributed by atoms with Crippen molar-refractivity contribution >= 4 is 34.5 Å². The van der Waals surface area contributed by atoms with Gasteiger partial charge in [-0.2, -0.15) is 0 Å². The Bertz CT molecular complexity index is 344. The number of hydrogen-bond acceptors (Lipinski definition) is 2. The maximum absolute atomic E-state index is 12.7. The highest BCUT2D eigenvalue weighted by molar-refractivity contribution is 7.80. The number of hydrogen-bond donors (Lipinski definition) is 2. The minimum absolute atomic E-state index is 0.102. The molecule has 5 heteroatoms. The summed E-state index contributed by atoms with van der Waals surface area (Å²) in [5.74, 6) is -0.424. The van der Waals surface area contributed by atoms with Crippen LogP contribution < -0.4 is 11.1 Å². The fourth-order valence-corrected chi connectivity index (χ4v) is 1.22. The van der Waals surface area contributed by atoms with Crippen molar-refractivity contribution in [3.05, 3.63) is 29.0 Å². The van der Waals surface area contributed by atoms with E-state index < -0.39 is 5.82 Å². The number of rotatable bonds is 4. The lowest BCUT2D eigenvalue weighted by Gasteiger charge is -2.05. The molecule has 0 bridgehead atoms. The average Bonchev–Trinajstić information content (AvgIpc) is 2.10. The van der Waals surface area contributed by atoms with Crippen LogP contribution in [0.4, 0.5) is 10.1 Å². The third-order valence-corrected chi connectivity index (χ3v) is 2.11. The highest BCUT2D eigenvalue weighted by atomic mass is 35.5. The molecule has 3 N–H and O–H groups in total. The standard InChI is InChI=1S/C9H10ClFN2S/c10-7-5-6(1-2-8(7)11)13-4-3-9(12)14/h1-2,5,13H,3-4H2,(H2,12,14). The molecule has 0 spiro atoms. The summed E-state index contributed by atoms with van der Waals surface area (Å²) in [6.07, 6.45) is 0.602. The SMILES string of the molecule is NC(=S)CCNc1ccc(F)c(Cl)c1. The van der Waals surface area contributed by atoms with Crippen molar-refractivity contribution in [1.82, 2.24) is 0 Å². The Labute approximate surface area is 92.2 Å². The Morgan fingerprint density at radius 1 is 1.57 bits per heavy atom. The van der Waals surface area contributed by atoms with Crippen LogP contribution >= 0.6 is 23.8 Å². The molecule has 0 aliphatic rings. The van der Waals surface area contributed by atoms with Crippen LogP contribution in [0.1, 0.15) is 6.42 Å². The van der Waals surface area contributed by atoms with Gasteiger partial charge in [0.05, 0.1) is 10.0 Å². The number of thiocarbonyl (C=S) groups is 1. The van der Waals surface area contributed by atoms with E-state index in [-0.39, 0.29) is 5.02 Å². The second-order valence-corrected chi connectivity index (χ2v) is 3.70. The van der Waals surface area contributed by atoms with Crippen molar-refractivity contribution in [1.29, 1.82) is 0 Å². The minimum atomic E-state index is -0.424. The molecule has 0 heterocycles. The number of benzene rings is 1. The predicted octanol–water partition coefficient (Wildman–Crippen LogP) is 2.57. The maximum Gasteiger partial charge on any atom is 0.141 e. The lowest BCUT2D eigenvalue weighted by molar-refractivity contribution is 0.628. The van der Waals surface area contributed by atoms with Crippen molar-refractivity contribution in [2.75, 3.05) is 11.9 Å². The van der Waals surface area contributed by atoms with Gasteiger partial charge in [-0.15, -0.1) is 0 Å². The molecule has 0 saturated heterocycles. The molecule has 0 amide bonds. The Hall–Kier alpha value is -0.870. The Balaban J connectivity index is 2.51. The second-order valence-electron chi connectivity index (χ2n) is 2.77. The number of halogens is 2. The van der Waals surface area contributed by atoms with Gasteiger partial charge >= 0.3 is 0 Å². The zero-order valence-corrected chi connectivity index (χ0v) is 8.96. The first kappa shape index (κ1) is 11.2. The molecule has 0 saturated carbocycles. The van der Waals surface area contributed by atoms with E-state index in [0.717, 1.165) is 5.69 Å². The van der Waals surface area contributed by atoms with Gasteiger partial charge in [0, 0.05) is 18.7 Å². The molecule has 0 fully saturated rings. The molecule has 0 radical (unpaired) electrons. The Kier molecular flexibility index (Phi) is 4.10. The van der Waals surface area contributed by atoms with Crippen LogP contribution in [-0.4, -0.2) is 11.5 Å². The first-order valence-electron chi connectivity index (χ1n) is 4.07. The molecule has 1 aromatic carbocycles. The van der Waals surface area contributed by atoms with Crippen molar-refractivity contribution in [2.24, 2.45) is 5.73 Å². The van der Waals surface area contributed by atoms with E-state index in [4.69, 9.17) is 29.6 Å². The van der Waals surface area contributed by atoms with Gasteiger partial charge in [0.15, 0.2) is 0 Å². The molecular formula is C9H10ClFN2S. The van der Waals surface area contributed by atoms with Crippen molar-refractivity contribution in [3.8, 4) is 0 Å². The lowest BCUT2D eigenvalue weighted by Crippen LogP contribution is -2.13. The van der Waals surface area contributed by atoms with Gasteiger partial charge in [0.1, 0.15) is 5.82 Å². The molecule has 0 aliphatic carbocycles. The minimum Gasteiger partial charge on any atom is -0.393 e. The molecule has 0 aliphatic heterocycles. The normalized spacial score (nSPS) is 9.86. The van der Waals surface area contributed by atoms with E-state index in [1.54, 1.807) is 6.07 Å². The third kappa shape index (κ3) is 3.47. The monoisotopic (exact) mass is 232 g/mol. The van der Waals surface area contributed by atoms with Crippen LogP contribution in [0.15, 0.2) is 18.2 Å². The van der Waals surface area contributed by atoms with E-state index in [0.29, 0.717) is 18.0 Å². The summed E-state index contributed by atoms with van der Waals surface area (Å²) >= 11 is 10.3. The van der Waals surface area contributed by atoms with E-state index in [1.807, 2.05) is 0 Å². The summed E-state index contributed by atoms with van der Waals surface area (Å²) in [6.45, 7) is 0.622. The van der Waals surface area contributed by atoms with Crippen LogP contribution in [0.5, 0.6) is 0 Å². The number of nitrogens with one attached hydrogen (secondary N) is 1. The van der Waals surface area contributed by atoms with Gasteiger partial charge in [-0.05, 0) is 18.2 Å². The zero-order chi connectivity index (χ0) is 10.6. The van der Waals surface area contributed by atoms with Crippen molar-refractivity contribution in [3.63, 3.8) is 0 Å². The van der Waals surface area contributed by atoms with Gasteiger partial charge in [-0.3, -0.25) is 0 Å². The van der Waals surface area contributed by atoms with Crippen molar-refractivity contribution in [2.45, 2.75) is 6.42 Å². The second kappa shape index (κ2) is 5.12. The number of nitrogens with two attached hydrogens (primary N) is 1. The molecule has 0 atom stereocenters. The highest BCUT2D eigenvalue weighted by Gasteiger charge is 1.99. The van der Waals surface area contributed by atoms with Crippen LogP contribution in [0.2, 0.25) is 5.02 Å². The fraction of sp³-hybridized carbons (Fsp3) is 0.222. The van der Waals surface area contributed by atoms with Crippen LogP contribution in [0.25, 0.3) is 0 Å². The zero-order valence-electron chi connectivity index (χ0n) is 7.39. The molecule has 2 nitrogen and oxygen atoms in total. The summed E-state index contributed by atoms with van der Waals surface area (Å²) in [4.78, 5) is 0.450. The quantitative estimate of drug-likeness (QED) is 0.784. The lowest BCUT2D eigenvalue weighted by atomic mass is 10.3. The summed E-state index contributed by atoms with van der Waals surface area (Å²) in [5.41, 5.74) is 6.07. The van der Waals surface area contributed by atoms with E-state index in [1.165, 1.54) is 12.1 Å². The fourth-order valence-electron chi connectivity index (χ4n) is 0.936. The van der Waals surface area contributed by atoms with E-state index in [9.17, 15) is 4.39 Å². The first-order valence-corrected chi connectivity index (χ1v) is 4.85. The van der Waals surface area contributed by atoms with Gasteiger partial charge in [-0.25, -0.2) is 4.39 Å². The van der Waals surface area contributed by atoms with E-state index >= 15 is 0 Å². The highest BCUT2D eigenvalue weighted by Crippen LogP contribution is 2.19. The van der Waals surface area contributed by atoms with Crippen molar-refractivity contribution < 1.29 is 4.39 Å². The summed E-state index contributed by atoms with van der Waals surface area (Å²) in [5, 5.41) is 3.13. The molecule has 14 heavy (non-hydrogen) atoms. The average molecular weight is 233 g/mol. The first-order chi connectivity index (χ1) is 6.59. The van der Waals surface area contributed by atoms with Crippen LogP contribution in [0.3, 0.4) is 0 Å². The maximum atomic E-state index is 12.7. The number of anilines is 1. The molecule has 0 aromatic heterocycles. The Morgan fingerprint density at radius 2 is 2.29 bits per heavy atom. The molecule has 0 unspecified atom stereocenters. The summed E-state index contributed by atoms with van der Waals surface area (Å²) < 4.78 is 12.7. The van der Waals surface area contributed by atoms with Gasteiger partial charge < -0.3 is 11.1 Å². The van der Waals surface area contributed by atoms with Gasteiger partial charge in [0.25, 0.3) is 0 Å². The van der Waals surface area contributed by atoms with Gasteiger partial charge in [-0.1, -0.05) is 23.8 Å². The summed E-state index contributed by atoms with van der Waals surface area (Å²) in [6, 6.07) is 4.45. The smallest absolute Gasteiger partial charge is 0.141 e. The molecular weight excluding hydrogens is 223 g/mol.